The Hall–Kier alpha value is -2.37. The Morgan fingerprint density at radius 2 is 2.25 bits per heavy atom. The molecule has 0 saturated heterocycles. The van der Waals surface area contributed by atoms with Gasteiger partial charge in [-0.2, -0.15) is 0 Å². The summed E-state index contributed by atoms with van der Waals surface area (Å²) < 4.78 is 6.63. The Balaban J connectivity index is 1.90. The Labute approximate surface area is 115 Å². The maximum atomic E-state index is 12.4. The number of fused-ring (bicyclic) bond motifs is 1. The first-order valence-electron chi connectivity index (χ1n) is 6.44. The zero-order valence-corrected chi connectivity index (χ0v) is 11.4. The van der Waals surface area contributed by atoms with Gasteiger partial charge in [0.2, 0.25) is 0 Å². The molecule has 0 aliphatic carbocycles. The summed E-state index contributed by atoms with van der Waals surface area (Å²) in [6.07, 6.45) is 3.55. The number of carbonyl (C=O) groups is 1. The molecule has 20 heavy (non-hydrogen) atoms. The van der Waals surface area contributed by atoms with Gasteiger partial charge in [-0.15, -0.1) is 0 Å². The van der Waals surface area contributed by atoms with Gasteiger partial charge in [-0.3, -0.25) is 9.59 Å². The van der Waals surface area contributed by atoms with Gasteiger partial charge in [-0.05, 0) is 19.4 Å². The van der Waals surface area contributed by atoms with Crippen LogP contribution in [0.4, 0.5) is 0 Å². The fraction of sp³-hybridized carbons (Fsp3) is 0.357. The van der Waals surface area contributed by atoms with Crippen LogP contribution in [0.25, 0.3) is 0 Å². The van der Waals surface area contributed by atoms with Gasteiger partial charge in [-0.1, -0.05) is 0 Å². The molecule has 2 aromatic heterocycles. The highest BCUT2D eigenvalue weighted by molar-refractivity contribution is 5.95. The van der Waals surface area contributed by atoms with Crippen LogP contribution in [0.2, 0.25) is 0 Å². The predicted octanol–water partition coefficient (Wildman–Crippen LogP) is 0.880. The van der Waals surface area contributed by atoms with Crippen LogP contribution in [0, 0.1) is 6.92 Å². The average Bonchev–Trinajstić information content (AvgIpc) is 2.88. The molecule has 0 fully saturated rings. The molecule has 2 aromatic rings. The molecule has 1 aliphatic rings. The molecule has 3 heterocycles. The molecular weight excluding hydrogens is 258 g/mol. The summed E-state index contributed by atoms with van der Waals surface area (Å²) in [6, 6.07) is 1.67. The maximum absolute atomic E-state index is 12.4. The highest BCUT2D eigenvalue weighted by Crippen LogP contribution is 2.18. The molecule has 104 valence electrons. The smallest absolute Gasteiger partial charge is 0.257 e. The van der Waals surface area contributed by atoms with Crippen molar-refractivity contribution in [2.24, 2.45) is 7.05 Å². The molecule has 0 saturated carbocycles. The molecular formula is C14H15N3O3. The summed E-state index contributed by atoms with van der Waals surface area (Å²) in [4.78, 5) is 30.3. The van der Waals surface area contributed by atoms with E-state index in [4.69, 9.17) is 4.42 Å². The van der Waals surface area contributed by atoms with Crippen LogP contribution < -0.4 is 5.56 Å². The monoisotopic (exact) mass is 273 g/mol. The second kappa shape index (κ2) is 4.63. The minimum Gasteiger partial charge on any atom is -0.469 e. The van der Waals surface area contributed by atoms with E-state index in [0.29, 0.717) is 42.1 Å². The Bertz CT molecular complexity index is 730. The molecule has 0 aromatic carbocycles. The van der Waals surface area contributed by atoms with Gasteiger partial charge in [0.05, 0.1) is 30.4 Å². The number of nitrogens with zero attached hydrogens (tertiary/aromatic N) is 3. The van der Waals surface area contributed by atoms with Crippen LogP contribution in [0.1, 0.15) is 27.4 Å². The van der Waals surface area contributed by atoms with E-state index < -0.39 is 0 Å². The SMILES string of the molecule is Cc1occc1C(=O)N1CCc2c(ncn(C)c2=O)C1. The minimum absolute atomic E-state index is 0.0263. The van der Waals surface area contributed by atoms with Crippen molar-refractivity contribution in [2.45, 2.75) is 19.9 Å². The van der Waals surface area contributed by atoms with Crippen molar-refractivity contribution < 1.29 is 9.21 Å². The quantitative estimate of drug-likeness (QED) is 0.773. The van der Waals surface area contributed by atoms with Crippen LogP contribution in [0.15, 0.2) is 27.9 Å². The zero-order chi connectivity index (χ0) is 14.3. The lowest BCUT2D eigenvalue weighted by molar-refractivity contribution is 0.0729. The number of furan rings is 1. The standard InChI is InChI=1S/C14H15N3O3/c1-9-10(4-6-20-9)14(19)17-5-3-11-12(7-17)15-8-16(2)13(11)18/h4,6,8H,3,5,7H2,1-2H3. The number of aryl methyl sites for hydroxylation is 2. The fourth-order valence-electron chi connectivity index (χ4n) is 2.47. The van der Waals surface area contributed by atoms with Gasteiger partial charge in [0.15, 0.2) is 0 Å². The molecule has 6 nitrogen and oxygen atoms in total. The van der Waals surface area contributed by atoms with Gasteiger partial charge in [0, 0.05) is 19.2 Å². The second-order valence-corrected chi connectivity index (χ2v) is 4.95. The molecule has 0 unspecified atom stereocenters. The van der Waals surface area contributed by atoms with Crippen molar-refractivity contribution in [1.82, 2.24) is 14.5 Å². The van der Waals surface area contributed by atoms with Crippen LogP contribution in [0.3, 0.4) is 0 Å². The van der Waals surface area contributed by atoms with Crippen LogP contribution in [0.5, 0.6) is 0 Å². The summed E-state index contributed by atoms with van der Waals surface area (Å²) in [5.41, 5.74) is 1.94. The number of aromatic nitrogens is 2. The first kappa shape index (κ1) is 12.7. The van der Waals surface area contributed by atoms with Crippen molar-refractivity contribution in [1.29, 1.82) is 0 Å². The third kappa shape index (κ3) is 1.93. The van der Waals surface area contributed by atoms with Crippen molar-refractivity contribution in [3.63, 3.8) is 0 Å². The molecule has 0 spiro atoms. The number of hydrogen-bond acceptors (Lipinski definition) is 4. The van der Waals surface area contributed by atoms with E-state index in [1.807, 2.05) is 0 Å². The van der Waals surface area contributed by atoms with Gasteiger partial charge < -0.3 is 13.9 Å². The molecule has 1 aliphatic heterocycles. The third-order valence-electron chi connectivity index (χ3n) is 3.66. The van der Waals surface area contributed by atoms with Gasteiger partial charge in [-0.25, -0.2) is 4.98 Å². The van der Waals surface area contributed by atoms with Crippen LogP contribution in [-0.2, 0) is 20.0 Å². The van der Waals surface area contributed by atoms with E-state index in [-0.39, 0.29) is 11.5 Å². The van der Waals surface area contributed by atoms with Gasteiger partial charge in [0.1, 0.15) is 5.76 Å². The third-order valence-corrected chi connectivity index (χ3v) is 3.66. The van der Waals surface area contributed by atoms with E-state index in [1.165, 1.54) is 17.2 Å². The molecule has 3 rings (SSSR count). The van der Waals surface area contributed by atoms with Crippen LogP contribution >= 0.6 is 0 Å². The number of amides is 1. The highest BCUT2D eigenvalue weighted by atomic mass is 16.3. The van der Waals surface area contributed by atoms with Crippen molar-refractivity contribution in [3.8, 4) is 0 Å². The van der Waals surface area contributed by atoms with Gasteiger partial charge >= 0.3 is 0 Å². The van der Waals surface area contributed by atoms with Crippen molar-refractivity contribution in [3.05, 3.63) is 51.6 Å². The maximum Gasteiger partial charge on any atom is 0.257 e. The van der Waals surface area contributed by atoms with Crippen LogP contribution in [-0.4, -0.2) is 26.9 Å². The molecule has 1 amide bonds. The first-order chi connectivity index (χ1) is 9.58. The number of rotatable bonds is 1. The number of hydrogen-bond donors (Lipinski definition) is 0. The Kier molecular flexibility index (Phi) is 2.93. The first-order valence-corrected chi connectivity index (χ1v) is 6.44. The fourth-order valence-corrected chi connectivity index (χ4v) is 2.47. The summed E-state index contributed by atoms with van der Waals surface area (Å²) in [5.74, 6) is 0.530. The largest absolute Gasteiger partial charge is 0.469 e. The summed E-state index contributed by atoms with van der Waals surface area (Å²) in [5, 5.41) is 0. The lowest BCUT2D eigenvalue weighted by Gasteiger charge is -2.27. The lowest BCUT2D eigenvalue weighted by Crippen LogP contribution is -2.40. The average molecular weight is 273 g/mol. The Morgan fingerprint density at radius 1 is 1.45 bits per heavy atom. The van der Waals surface area contributed by atoms with E-state index in [2.05, 4.69) is 4.98 Å². The van der Waals surface area contributed by atoms with E-state index in [1.54, 1.807) is 24.9 Å². The molecule has 0 atom stereocenters. The van der Waals surface area contributed by atoms with E-state index >= 15 is 0 Å². The molecule has 0 bridgehead atoms. The Morgan fingerprint density at radius 3 is 2.95 bits per heavy atom. The summed E-state index contributed by atoms with van der Waals surface area (Å²) in [7, 11) is 1.68. The lowest BCUT2D eigenvalue weighted by atomic mass is 10.1. The summed E-state index contributed by atoms with van der Waals surface area (Å²) >= 11 is 0. The molecule has 6 heteroatoms. The van der Waals surface area contributed by atoms with Gasteiger partial charge in [0.25, 0.3) is 11.5 Å². The van der Waals surface area contributed by atoms with E-state index in [9.17, 15) is 9.59 Å². The minimum atomic E-state index is -0.0793. The van der Waals surface area contributed by atoms with Crippen molar-refractivity contribution >= 4 is 5.91 Å². The second-order valence-electron chi connectivity index (χ2n) is 4.95. The van der Waals surface area contributed by atoms with Crippen molar-refractivity contribution in [2.75, 3.05) is 6.54 Å². The summed E-state index contributed by atoms with van der Waals surface area (Å²) in [6.45, 7) is 2.66. The van der Waals surface area contributed by atoms with E-state index in [0.717, 1.165) is 0 Å². The molecule has 0 radical (unpaired) electrons. The number of carbonyl (C=O) groups excluding carboxylic acids is 1. The molecule has 0 N–H and O–H groups in total. The predicted molar refractivity (Wildman–Crippen MR) is 71.4 cm³/mol. The normalized spacial score (nSPS) is 14.2. The zero-order valence-electron chi connectivity index (χ0n) is 11.4. The topological polar surface area (TPSA) is 68.3 Å². The highest BCUT2D eigenvalue weighted by Gasteiger charge is 2.26.